The average molecular weight is 393 g/mol. The standard InChI is InChI=1S/C19H17ClO5S/c20-17-4-2-1-3-16(17)18(21)11-13-5-7-15(8-6-13)26(23,24)12-14-9-10-25-19(14)22/h1-8,14H,9-12H2/t14-/m1/s1. The highest BCUT2D eigenvalue weighted by molar-refractivity contribution is 7.91. The lowest BCUT2D eigenvalue weighted by Crippen LogP contribution is -2.20. The van der Waals surface area contributed by atoms with Crippen LogP contribution in [-0.2, 0) is 25.8 Å². The van der Waals surface area contributed by atoms with Gasteiger partial charge in [0.15, 0.2) is 15.6 Å². The minimum atomic E-state index is -3.59. The fourth-order valence-corrected chi connectivity index (χ4v) is 4.65. The molecule has 26 heavy (non-hydrogen) atoms. The Hall–Kier alpha value is -2.18. The van der Waals surface area contributed by atoms with Crippen molar-refractivity contribution in [1.29, 1.82) is 0 Å². The Morgan fingerprint density at radius 3 is 2.42 bits per heavy atom. The molecule has 2 aromatic carbocycles. The summed E-state index contributed by atoms with van der Waals surface area (Å²) < 4.78 is 29.7. The summed E-state index contributed by atoms with van der Waals surface area (Å²) in [6.45, 7) is 0.266. The van der Waals surface area contributed by atoms with Gasteiger partial charge in [-0.05, 0) is 36.2 Å². The van der Waals surface area contributed by atoms with Gasteiger partial charge in [0.2, 0.25) is 0 Å². The predicted molar refractivity (Wildman–Crippen MR) is 97.0 cm³/mol. The Balaban J connectivity index is 1.71. The van der Waals surface area contributed by atoms with E-state index in [1.807, 2.05) is 0 Å². The van der Waals surface area contributed by atoms with Crippen LogP contribution in [-0.4, -0.2) is 32.5 Å². The van der Waals surface area contributed by atoms with E-state index in [2.05, 4.69) is 0 Å². The number of Topliss-reactive ketones (excluding diaryl/α,β-unsaturated/α-hetero) is 1. The fourth-order valence-electron chi connectivity index (χ4n) is 2.83. The molecule has 1 aliphatic heterocycles. The average Bonchev–Trinajstić information content (AvgIpc) is 3.00. The van der Waals surface area contributed by atoms with Crippen LogP contribution in [0, 0.1) is 5.92 Å². The molecule has 1 fully saturated rings. The van der Waals surface area contributed by atoms with Crippen molar-refractivity contribution in [3.63, 3.8) is 0 Å². The maximum Gasteiger partial charge on any atom is 0.310 e. The Bertz CT molecular complexity index is 935. The van der Waals surface area contributed by atoms with E-state index in [0.717, 1.165) is 0 Å². The van der Waals surface area contributed by atoms with Gasteiger partial charge in [0.25, 0.3) is 0 Å². The lowest BCUT2D eigenvalue weighted by molar-refractivity contribution is -0.140. The summed E-state index contributed by atoms with van der Waals surface area (Å²) >= 11 is 6.03. The number of ketones is 1. The molecule has 0 aromatic heterocycles. The van der Waals surface area contributed by atoms with E-state index in [9.17, 15) is 18.0 Å². The highest BCUT2D eigenvalue weighted by atomic mass is 35.5. The fraction of sp³-hybridized carbons (Fsp3) is 0.263. The number of ether oxygens (including phenoxy) is 1. The molecule has 1 aliphatic rings. The van der Waals surface area contributed by atoms with E-state index in [1.54, 1.807) is 36.4 Å². The summed E-state index contributed by atoms with van der Waals surface area (Å²) in [7, 11) is -3.59. The van der Waals surface area contributed by atoms with Crippen molar-refractivity contribution in [2.24, 2.45) is 5.92 Å². The van der Waals surface area contributed by atoms with Crippen LogP contribution < -0.4 is 0 Å². The van der Waals surface area contributed by atoms with Crippen molar-refractivity contribution >= 4 is 33.2 Å². The van der Waals surface area contributed by atoms with Gasteiger partial charge < -0.3 is 4.74 Å². The number of benzene rings is 2. The minimum Gasteiger partial charge on any atom is -0.465 e. The zero-order valence-electron chi connectivity index (χ0n) is 13.9. The molecular formula is C19H17ClO5S. The van der Waals surface area contributed by atoms with E-state index < -0.39 is 21.7 Å². The summed E-state index contributed by atoms with van der Waals surface area (Å²) in [5.74, 6) is -1.47. The molecule has 0 bridgehead atoms. The molecule has 0 unspecified atom stereocenters. The van der Waals surface area contributed by atoms with Crippen molar-refractivity contribution < 1.29 is 22.7 Å². The molecule has 136 valence electrons. The van der Waals surface area contributed by atoms with Crippen molar-refractivity contribution in [3.8, 4) is 0 Å². The molecule has 1 heterocycles. The molecule has 5 nitrogen and oxygen atoms in total. The molecule has 3 rings (SSSR count). The number of hydrogen-bond acceptors (Lipinski definition) is 5. The van der Waals surface area contributed by atoms with Gasteiger partial charge in [-0.15, -0.1) is 0 Å². The van der Waals surface area contributed by atoms with Gasteiger partial charge in [0.05, 0.1) is 28.2 Å². The molecule has 0 radical (unpaired) electrons. The third-order valence-corrected chi connectivity index (χ3v) is 6.45. The third-order valence-electron chi connectivity index (χ3n) is 4.29. The molecule has 0 amide bonds. The van der Waals surface area contributed by atoms with Crippen LogP contribution in [0.4, 0.5) is 0 Å². The largest absolute Gasteiger partial charge is 0.465 e. The molecule has 0 N–H and O–H groups in total. The summed E-state index contributed by atoms with van der Waals surface area (Å²) in [6.07, 6.45) is 0.543. The number of halogens is 1. The summed E-state index contributed by atoms with van der Waals surface area (Å²) in [5.41, 5.74) is 1.12. The summed E-state index contributed by atoms with van der Waals surface area (Å²) in [4.78, 5) is 23.9. The Kier molecular flexibility index (Phi) is 5.44. The second-order valence-corrected chi connectivity index (χ2v) is 8.60. The van der Waals surface area contributed by atoms with Crippen LogP contribution >= 0.6 is 11.6 Å². The first-order chi connectivity index (χ1) is 12.4. The quantitative estimate of drug-likeness (QED) is 0.557. The Labute approximate surface area is 156 Å². The van der Waals surface area contributed by atoms with Gasteiger partial charge in [0, 0.05) is 12.0 Å². The van der Waals surface area contributed by atoms with Gasteiger partial charge in [-0.1, -0.05) is 35.9 Å². The number of carbonyl (C=O) groups is 2. The van der Waals surface area contributed by atoms with Gasteiger partial charge in [0.1, 0.15) is 0 Å². The van der Waals surface area contributed by atoms with E-state index in [0.29, 0.717) is 22.6 Å². The lowest BCUT2D eigenvalue weighted by Gasteiger charge is -2.09. The molecule has 1 atom stereocenters. The monoisotopic (exact) mass is 392 g/mol. The first kappa shape index (κ1) is 18.6. The Morgan fingerprint density at radius 1 is 1.12 bits per heavy atom. The van der Waals surface area contributed by atoms with Crippen molar-refractivity contribution in [2.75, 3.05) is 12.4 Å². The number of sulfone groups is 1. The maximum absolute atomic E-state index is 12.4. The van der Waals surface area contributed by atoms with Crippen molar-refractivity contribution in [3.05, 3.63) is 64.7 Å². The van der Waals surface area contributed by atoms with Crippen LogP contribution in [0.2, 0.25) is 5.02 Å². The second kappa shape index (κ2) is 7.60. The number of rotatable bonds is 6. The molecule has 0 saturated carbocycles. The van der Waals surface area contributed by atoms with Gasteiger partial charge in [-0.25, -0.2) is 8.42 Å². The molecular weight excluding hydrogens is 376 g/mol. The van der Waals surface area contributed by atoms with Crippen LogP contribution in [0.25, 0.3) is 0 Å². The molecule has 0 aliphatic carbocycles. The van der Waals surface area contributed by atoms with Crippen molar-refractivity contribution in [2.45, 2.75) is 17.7 Å². The van der Waals surface area contributed by atoms with Gasteiger partial charge in [-0.2, -0.15) is 0 Å². The van der Waals surface area contributed by atoms with Crippen LogP contribution in [0.1, 0.15) is 22.3 Å². The summed E-state index contributed by atoms with van der Waals surface area (Å²) in [5, 5.41) is 0.389. The number of carbonyl (C=O) groups excluding carboxylic acids is 2. The van der Waals surface area contributed by atoms with Gasteiger partial charge in [-0.3, -0.25) is 9.59 Å². The number of hydrogen-bond donors (Lipinski definition) is 0. The minimum absolute atomic E-state index is 0.124. The van der Waals surface area contributed by atoms with E-state index >= 15 is 0 Å². The Morgan fingerprint density at radius 2 is 1.81 bits per heavy atom. The van der Waals surface area contributed by atoms with Crippen molar-refractivity contribution in [1.82, 2.24) is 0 Å². The zero-order valence-corrected chi connectivity index (χ0v) is 15.4. The predicted octanol–water partition coefficient (Wildman–Crippen LogP) is 3.10. The number of cyclic esters (lactones) is 1. The van der Waals surface area contributed by atoms with E-state index in [-0.39, 0.29) is 29.5 Å². The molecule has 0 spiro atoms. The highest BCUT2D eigenvalue weighted by Gasteiger charge is 2.32. The van der Waals surface area contributed by atoms with Gasteiger partial charge >= 0.3 is 5.97 Å². The van der Waals surface area contributed by atoms with E-state index in [4.69, 9.17) is 16.3 Å². The third kappa shape index (κ3) is 4.14. The normalized spacial score (nSPS) is 17.1. The van der Waals surface area contributed by atoms with Crippen LogP contribution in [0.5, 0.6) is 0 Å². The number of esters is 1. The molecule has 2 aromatic rings. The molecule has 1 saturated heterocycles. The van der Waals surface area contributed by atoms with Crippen LogP contribution in [0.3, 0.4) is 0 Å². The SMILES string of the molecule is O=C(Cc1ccc(S(=O)(=O)C[C@H]2CCOC2=O)cc1)c1ccccc1Cl. The highest BCUT2D eigenvalue weighted by Crippen LogP contribution is 2.22. The first-order valence-corrected chi connectivity index (χ1v) is 10.2. The smallest absolute Gasteiger partial charge is 0.310 e. The van der Waals surface area contributed by atoms with Crippen LogP contribution in [0.15, 0.2) is 53.4 Å². The second-order valence-electron chi connectivity index (χ2n) is 6.16. The zero-order chi connectivity index (χ0) is 18.7. The molecule has 7 heteroatoms. The lowest BCUT2D eigenvalue weighted by atomic mass is 10.0. The first-order valence-electron chi connectivity index (χ1n) is 8.13. The summed E-state index contributed by atoms with van der Waals surface area (Å²) in [6, 6.07) is 12.9. The van der Waals surface area contributed by atoms with E-state index in [1.165, 1.54) is 12.1 Å². The topological polar surface area (TPSA) is 77.5 Å². The maximum atomic E-state index is 12.4.